The van der Waals surface area contributed by atoms with Gasteiger partial charge in [-0.15, -0.1) is 0 Å². The van der Waals surface area contributed by atoms with Crippen LogP contribution in [0.2, 0.25) is 0 Å². The molecule has 3 aromatic rings. The van der Waals surface area contributed by atoms with Crippen LogP contribution in [0.1, 0.15) is 34.0 Å². The number of nitrogens with one attached hydrogen (secondary N) is 3. The monoisotopic (exact) mass is 456 g/mol. The van der Waals surface area contributed by atoms with E-state index >= 15 is 0 Å². The highest BCUT2D eigenvalue weighted by molar-refractivity contribution is 6.37. The fraction of sp³-hybridized carbons (Fsp3) is 0.115. The van der Waals surface area contributed by atoms with Gasteiger partial charge in [0.15, 0.2) is 0 Å². The van der Waals surface area contributed by atoms with E-state index in [4.69, 9.17) is 10.5 Å². The van der Waals surface area contributed by atoms with Crippen molar-refractivity contribution in [2.45, 2.75) is 13.5 Å². The molecule has 0 unspecified atom stereocenters. The summed E-state index contributed by atoms with van der Waals surface area (Å²) in [5.74, 6) is -0.714. The van der Waals surface area contributed by atoms with Gasteiger partial charge in [0.05, 0.1) is 29.1 Å². The quantitative estimate of drug-likeness (QED) is 0.317. The molecule has 0 fully saturated rings. The number of carbonyl (C=O) groups excluding carboxylic acids is 3. The standard InChI is InChI=1S/C26H24N4O4/c1-2-34-25(32)18-10-13-20-21(14-18)30-24(31)22(20)23(17-6-4-3-5-7-17)29-19-11-8-16(9-12-19)15-28-26(27)33/h3-14,29H,2,15H2,1H3,(H,30,31)(H3,27,28,33). The summed E-state index contributed by atoms with van der Waals surface area (Å²) in [5.41, 5.74) is 10.3. The average Bonchev–Trinajstić information content (AvgIpc) is 3.17. The first-order valence-corrected chi connectivity index (χ1v) is 10.8. The van der Waals surface area contributed by atoms with E-state index in [1.807, 2.05) is 54.6 Å². The summed E-state index contributed by atoms with van der Waals surface area (Å²) < 4.78 is 5.07. The molecule has 3 aromatic carbocycles. The van der Waals surface area contributed by atoms with Crippen molar-refractivity contribution in [1.82, 2.24) is 5.32 Å². The van der Waals surface area contributed by atoms with Gasteiger partial charge in [0.2, 0.25) is 0 Å². The Morgan fingerprint density at radius 3 is 2.38 bits per heavy atom. The molecule has 1 aliphatic heterocycles. The number of carbonyl (C=O) groups is 3. The van der Waals surface area contributed by atoms with Crippen molar-refractivity contribution in [3.8, 4) is 0 Å². The highest BCUT2D eigenvalue weighted by atomic mass is 16.5. The molecule has 172 valence electrons. The van der Waals surface area contributed by atoms with Gasteiger partial charge in [0.25, 0.3) is 5.91 Å². The molecule has 0 bridgehead atoms. The Morgan fingerprint density at radius 2 is 1.71 bits per heavy atom. The number of benzene rings is 3. The minimum absolute atomic E-state index is 0.271. The normalized spacial score (nSPS) is 13.5. The van der Waals surface area contributed by atoms with Crippen molar-refractivity contribution in [2.75, 3.05) is 17.2 Å². The largest absolute Gasteiger partial charge is 0.462 e. The molecule has 1 aliphatic rings. The number of hydrogen-bond acceptors (Lipinski definition) is 5. The number of hydrogen-bond donors (Lipinski definition) is 4. The van der Waals surface area contributed by atoms with E-state index in [1.165, 1.54) is 0 Å². The molecule has 0 aromatic heterocycles. The number of primary amides is 1. The third-order valence-electron chi connectivity index (χ3n) is 5.28. The van der Waals surface area contributed by atoms with Crippen molar-refractivity contribution in [3.63, 3.8) is 0 Å². The minimum Gasteiger partial charge on any atom is -0.462 e. The van der Waals surface area contributed by atoms with Crippen molar-refractivity contribution in [3.05, 3.63) is 95.1 Å². The van der Waals surface area contributed by atoms with Crippen molar-refractivity contribution < 1.29 is 19.1 Å². The molecular formula is C26H24N4O4. The van der Waals surface area contributed by atoms with Gasteiger partial charge in [0.1, 0.15) is 0 Å². The first-order valence-electron chi connectivity index (χ1n) is 10.8. The molecule has 0 radical (unpaired) electrons. The lowest BCUT2D eigenvalue weighted by atomic mass is 9.99. The second-order valence-corrected chi connectivity index (χ2v) is 7.59. The Balaban J connectivity index is 1.72. The summed E-state index contributed by atoms with van der Waals surface area (Å²) in [4.78, 5) is 36.1. The third kappa shape index (κ3) is 4.91. The molecule has 5 N–H and O–H groups in total. The van der Waals surface area contributed by atoms with Crippen LogP contribution in [0, 0.1) is 0 Å². The summed E-state index contributed by atoms with van der Waals surface area (Å²) in [6, 6.07) is 21.4. The second kappa shape index (κ2) is 9.91. The average molecular weight is 457 g/mol. The topological polar surface area (TPSA) is 123 Å². The van der Waals surface area contributed by atoms with Crippen LogP contribution in [0.15, 0.2) is 72.8 Å². The Hall–Kier alpha value is -4.59. The fourth-order valence-corrected chi connectivity index (χ4v) is 3.69. The highest BCUT2D eigenvalue weighted by Gasteiger charge is 2.29. The molecule has 4 rings (SSSR count). The highest BCUT2D eigenvalue weighted by Crippen LogP contribution is 2.38. The minimum atomic E-state index is -0.588. The first kappa shape index (κ1) is 22.6. The molecule has 0 saturated carbocycles. The predicted molar refractivity (Wildman–Crippen MR) is 131 cm³/mol. The molecule has 0 saturated heterocycles. The molecule has 1 heterocycles. The summed E-state index contributed by atoms with van der Waals surface area (Å²) in [5, 5.41) is 8.79. The van der Waals surface area contributed by atoms with Gasteiger partial charge < -0.3 is 26.4 Å². The van der Waals surface area contributed by atoms with E-state index < -0.39 is 12.0 Å². The first-order chi connectivity index (χ1) is 16.5. The van der Waals surface area contributed by atoms with Gasteiger partial charge in [-0.2, -0.15) is 0 Å². The number of anilines is 2. The van der Waals surface area contributed by atoms with E-state index in [0.717, 1.165) is 16.8 Å². The number of amides is 3. The van der Waals surface area contributed by atoms with Crippen LogP contribution in [0.3, 0.4) is 0 Å². The lowest BCUT2D eigenvalue weighted by Gasteiger charge is -2.15. The van der Waals surface area contributed by atoms with Crippen molar-refractivity contribution >= 4 is 40.6 Å². The molecule has 3 amide bonds. The summed E-state index contributed by atoms with van der Waals surface area (Å²) in [6.07, 6.45) is 0. The lowest BCUT2D eigenvalue weighted by Crippen LogP contribution is -2.28. The summed E-state index contributed by atoms with van der Waals surface area (Å²) in [7, 11) is 0. The number of fused-ring (bicyclic) bond motifs is 1. The predicted octanol–water partition coefficient (Wildman–Crippen LogP) is 3.96. The van der Waals surface area contributed by atoms with Gasteiger partial charge in [-0.1, -0.05) is 48.5 Å². The third-order valence-corrected chi connectivity index (χ3v) is 5.28. The Labute approximate surface area is 196 Å². The zero-order valence-electron chi connectivity index (χ0n) is 18.6. The summed E-state index contributed by atoms with van der Waals surface area (Å²) in [6.45, 7) is 2.33. The van der Waals surface area contributed by atoms with Crippen LogP contribution < -0.4 is 21.7 Å². The maximum Gasteiger partial charge on any atom is 0.338 e. The Morgan fingerprint density at radius 1 is 0.971 bits per heavy atom. The zero-order valence-corrected chi connectivity index (χ0v) is 18.6. The maximum absolute atomic E-state index is 13.1. The molecule has 34 heavy (non-hydrogen) atoms. The number of rotatable bonds is 7. The van der Waals surface area contributed by atoms with Crippen LogP contribution in [0.25, 0.3) is 11.3 Å². The Kier molecular flexibility index (Phi) is 6.59. The van der Waals surface area contributed by atoms with E-state index in [9.17, 15) is 14.4 Å². The van der Waals surface area contributed by atoms with Crippen molar-refractivity contribution in [2.24, 2.45) is 5.73 Å². The van der Waals surface area contributed by atoms with E-state index in [-0.39, 0.29) is 12.5 Å². The van der Waals surface area contributed by atoms with Crippen LogP contribution in [0.5, 0.6) is 0 Å². The zero-order chi connectivity index (χ0) is 24.1. The SMILES string of the molecule is CCOC(=O)c1ccc2c(c1)NC(=O)C2=C(Nc1ccc(CNC(N)=O)cc1)c1ccccc1. The van der Waals surface area contributed by atoms with E-state index in [1.54, 1.807) is 25.1 Å². The van der Waals surface area contributed by atoms with Crippen LogP contribution in [0.4, 0.5) is 16.2 Å². The van der Waals surface area contributed by atoms with Crippen LogP contribution in [-0.2, 0) is 16.1 Å². The molecule has 0 aliphatic carbocycles. The van der Waals surface area contributed by atoms with Gasteiger partial charge in [-0.05, 0) is 42.3 Å². The molecule has 8 heteroatoms. The smallest absolute Gasteiger partial charge is 0.338 e. The van der Waals surface area contributed by atoms with Crippen LogP contribution >= 0.6 is 0 Å². The van der Waals surface area contributed by atoms with Gasteiger partial charge in [-0.25, -0.2) is 9.59 Å². The molecule has 8 nitrogen and oxygen atoms in total. The second-order valence-electron chi connectivity index (χ2n) is 7.59. The number of nitrogens with two attached hydrogens (primary N) is 1. The fourth-order valence-electron chi connectivity index (χ4n) is 3.69. The number of urea groups is 1. The van der Waals surface area contributed by atoms with E-state index in [2.05, 4.69) is 16.0 Å². The van der Waals surface area contributed by atoms with Gasteiger partial charge in [-0.3, -0.25) is 4.79 Å². The Bertz CT molecular complexity index is 1270. The lowest BCUT2D eigenvalue weighted by molar-refractivity contribution is -0.110. The van der Waals surface area contributed by atoms with Crippen LogP contribution in [-0.4, -0.2) is 24.5 Å². The van der Waals surface area contributed by atoms with E-state index in [0.29, 0.717) is 34.6 Å². The van der Waals surface area contributed by atoms with Crippen molar-refractivity contribution in [1.29, 1.82) is 0 Å². The number of ether oxygens (including phenoxy) is 1. The number of esters is 1. The van der Waals surface area contributed by atoms with Gasteiger partial charge >= 0.3 is 12.0 Å². The van der Waals surface area contributed by atoms with Gasteiger partial charge in [0, 0.05) is 17.8 Å². The maximum atomic E-state index is 13.1. The molecule has 0 atom stereocenters. The molecular weight excluding hydrogens is 432 g/mol. The molecule has 0 spiro atoms. The summed E-state index contributed by atoms with van der Waals surface area (Å²) >= 11 is 0.